The van der Waals surface area contributed by atoms with E-state index in [0.29, 0.717) is 11.2 Å². The van der Waals surface area contributed by atoms with Gasteiger partial charge in [-0.2, -0.15) is 0 Å². The summed E-state index contributed by atoms with van der Waals surface area (Å²) < 4.78 is 21.7. The predicted molar refractivity (Wildman–Crippen MR) is 72.6 cm³/mol. The minimum Gasteiger partial charge on any atom is -0.397 e. The van der Waals surface area contributed by atoms with Gasteiger partial charge in [-0.1, -0.05) is 12.1 Å². The molecule has 0 bridgehead atoms. The number of nitrogen functional groups attached to an aromatic ring is 1. The van der Waals surface area contributed by atoms with Crippen molar-refractivity contribution in [3.63, 3.8) is 0 Å². The van der Waals surface area contributed by atoms with E-state index in [9.17, 15) is 8.42 Å². The van der Waals surface area contributed by atoms with Gasteiger partial charge in [0, 0.05) is 23.8 Å². The molecule has 2 aromatic rings. The number of primary sulfonamides is 1. The van der Waals surface area contributed by atoms with Crippen LogP contribution in [0, 0.1) is 0 Å². The number of benzene rings is 1. The highest BCUT2D eigenvalue weighted by molar-refractivity contribution is 7.89. The van der Waals surface area contributed by atoms with Gasteiger partial charge in [0.15, 0.2) is 0 Å². The average Bonchev–Trinajstić information content (AvgIpc) is 2.29. The molecule has 0 unspecified atom stereocenters. The maximum absolute atomic E-state index is 10.8. The summed E-state index contributed by atoms with van der Waals surface area (Å²) in [7, 11) is -3.46. The molecular weight excluding hydrogens is 252 g/mol. The summed E-state index contributed by atoms with van der Waals surface area (Å²) in [6.45, 7) is 0.243. The molecule has 0 fully saturated rings. The first kappa shape index (κ1) is 12.6. The molecule has 18 heavy (non-hydrogen) atoms. The highest BCUT2D eigenvalue weighted by Gasteiger charge is 2.05. The lowest BCUT2D eigenvalue weighted by Crippen LogP contribution is -2.22. The zero-order valence-corrected chi connectivity index (χ0v) is 10.4. The number of nitrogens with two attached hydrogens (primary N) is 2. The van der Waals surface area contributed by atoms with Crippen LogP contribution in [0.25, 0.3) is 10.9 Å². The molecule has 96 valence electrons. The molecule has 0 saturated carbocycles. The lowest BCUT2D eigenvalue weighted by Gasteiger charge is -2.09. The SMILES string of the molecule is Nc1cccc2c(NCCS(N)(=O)=O)ccnc12. The molecule has 0 aliphatic rings. The highest BCUT2D eigenvalue weighted by atomic mass is 32.2. The average molecular weight is 266 g/mol. The number of sulfonamides is 1. The predicted octanol–water partition coefficient (Wildman–Crippen LogP) is 0.517. The van der Waals surface area contributed by atoms with Crippen molar-refractivity contribution in [3.8, 4) is 0 Å². The van der Waals surface area contributed by atoms with E-state index in [4.69, 9.17) is 10.9 Å². The molecular formula is C11H14N4O2S. The lowest BCUT2D eigenvalue weighted by atomic mass is 10.1. The first-order valence-electron chi connectivity index (χ1n) is 5.35. The lowest BCUT2D eigenvalue weighted by molar-refractivity contribution is 0.598. The third-order valence-electron chi connectivity index (χ3n) is 2.50. The quantitative estimate of drug-likeness (QED) is 0.698. The van der Waals surface area contributed by atoms with E-state index in [1.54, 1.807) is 18.3 Å². The van der Waals surface area contributed by atoms with E-state index in [0.717, 1.165) is 11.1 Å². The highest BCUT2D eigenvalue weighted by Crippen LogP contribution is 2.25. The Morgan fingerprint density at radius 2 is 2.06 bits per heavy atom. The fraction of sp³-hybridized carbons (Fsp3) is 0.182. The fourth-order valence-electron chi connectivity index (χ4n) is 1.68. The van der Waals surface area contributed by atoms with E-state index in [2.05, 4.69) is 10.3 Å². The number of nitrogens with zero attached hydrogens (tertiary/aromatic N) is 1. The van der Waals surface area contributed by atoms with Gasteiger partial charge in [0.2, 0.25) is 10.0 Å². The van der Waals surface area contributed by atoms with Crippen LogP contribution in [-0.4, -0.2) is 25.7 Å². The van der Waals surface area contributed by atoms with Gasteiger partial charge < -0.3 is 11.1 Å². The van der Waals surface area contributed by atoms with Crippen LogP contribution in [0.3, 0.4) is 0 Å². The van der Waals surface area contributed by atoms with E-state index >= 15 is 0 Å². The van der Waals surface area contributed by atoms with Crippen LogP contribution < -0.4 is 16.2 Å². The van der Waals surface area contributed by atoms with Gasteiger partial charge in [0.25, 0.3) is 0 Å². The van der Waals surface area contributed by atoms with Crippen LogP contribution in [0.1, 0.15) is 0 Å². The standard InChI is InChI=1S/C11H14N4O2S/c12-9-3-1-2-8-10(4-5-15-11(8)9)14-6-7-18(13,16)17/h1-5H,6-7,12H2,(H,14,15)(H2,13,16,17). The van der Waals surface area contributed by atoms with Crippen molar-refractivity contribution in [2.75, 3.05) is 23.3 Å². The normalized spacial score (nSPS) is 11.6. The maximum Gasteiger partial charge on any atom is 0.210 e. The number of hydrogen-bond donors (Lipinski definition) is 3. The summed E-state index contributed by atoms with van der Waals surface area (Å²) in [5.74, 6) is -0.126. The van der Waals surface area contributed by atoms with Crippen LogP contribution >= 0.6 is 0 Å². The van der Waals surface area contributed by atoms with Gasteiger partial charge >= 0.3 is 0 Å². The van der Waals surface area contributed by atoms with E-state index in [1.165, 1.54) is 0 Å². The number of pyridine rings is 1. The van der Waals surface area contributed by atoms with Crippen molar-refractivity contribution in [1.29, 1.82) is 0 Å². The summed E-state index contributed by atoms with van der Waals surface area (Å²) in [4.78, 5) is 4.19. The first-order chi connectivity index (χ1) is 8.47. The molecule has 0 aliphatic carbocycles. The van der Waals surface area contributed by atoms with Gasteiger partial charge in [-0.05, 0) is 12.1 Å². The van der Waals surface area contributed by atoms with Crippen molar-refractivity contribution < 1.29 is 8.42 Å². The second-order valence-corrected chi connectivity index (χ2v) is 5.63. The summed E-state index contributed by atoms with van der Waals surface area (Å²) in [5, 5.41) is 8.81. The van der Waals surface area contributed by atoms with Gasteiger partial charge in [0.05, 0.1) is 17.0 Å². The van der Waals surface area contributed by atoms with Gasteiger partial charge in [-0.15, -0.1) is 0 Å². The van der Waals surface area contributed by atoms with Gasteiger partial charge in [0.1, 0.15) is 0 Å². The number of rotatable bonds is 4. The molecule has 0 radical (unpaired) electrons. The molecule has 2 rings (SSSR count). The Balaban J connectivity index is 2.26. The Morgan fingerprint density at radius 3 is 2.78 bits per heavy atom. The van der Waals surface area contributed by atoms with Crippen LogP contribution in [-0.2, 0) is 10.0 Å². The summed E-state index contributed by atoms with van der Waals surface area (Å²) in [6.07, 6.45) is 1.62. The molecule has 0 atom stereocenters. The number of hydrogen-bond acceptors (Lipinski definition) is 5. The topological polar surface area (TPSA) is 111 Å². The molecule has 0 saturated heterocycles. The van der Waals surface area contributed by atoms with Crippen molar-refractivity contribution in [2.45, 2.75) is 0 Å². The zero-order chi connectivity index (χ0) is 13.2. The second kappa shape index (κ2) is 4.79. The molecule has 5 N–H and O–H groups in total. The molecule has 0 aliphatic heterocycles. The summed E-state index contributed by atoms with van der Waals surface area (Å²) in [5.41, 5.74) is 7.88. The number of anilines is 2. The molecule has 0 spiro atoms. The summed E-state index contributed by atoms with van der Waals surface area (Å²) >= 11 is 0. The Hall–Kier alpha value is -1.86. The number of fused-ring (bicyclic) bond motifs is 1. The largest absolute Gasteiger partial charge is 0.397 e. The van der Waals surface area contributed by atoms with Crippen molar-refractivity contribution in [3.05, 3.63) is 30.5 Å². The number of para-hydroxylation sites is 1. The van der Waals surface area contributed by atoms with E-state index < -0.39 is 10.0 Å². The molecule has 7 heteroatoms. The molecule has 6 nitrogen and oxygen atoms in total. The Morgan fingerprint density at radius 1 is 1.28 bits per heavy atom. The molecule has 1 aromatic heterocycles. The molecule has 1 heterocycles. The monoisotopic (exact) mass is 266 g/mol. The Labute approximate surface area is 105 Å². The van der Waals surface area contributed by atoms with Gasteiger partial charge in [-0.3, -0.25) is 4.98 Å². The number of nitrogens with one attached hydrogen (secondary N) is 1. The van der Waals surface area contributed by atoms with E-state index in [-0.39, 0.29) is 12.3 Å². The second-order valence-electron chi connectivity index (χ2n) is 3.90. The Bertz CT molecular complexity index is 670. The van der Waals surface area contributed by atoms with Crippen LogP contribution in [0.5, 0.6) is 0 Å². The van der Waals surface area contributed by atoms with Crippen molar-refractivity contribution in [2.24, 2.45) is 5.14 Å². The van der Waals surface area contributed by atoms with Crippen molar-refractivity contribution in [1.82, 2.24) is 4.98 Å². The minimum absolute atomic E-state index is 0.126. The van der Waals surface area contributed by atoms with Crippen LogP contribution in [0.4, 0.5) is 11.4 Å². The van der Waals surface area contributed by atoms with Crippen molar-refractivity contribution >= 4 is 32.3 Å². The summed E-state index contributed by atoms with van der Waals surface area (Å²) in [6, 6.07) is 7.23. The number of aromatic nitrogens is 1. The molecule has 1 aromatic carbocycles. The Kier molecular flexibility index (Phi) is 3.35. The maximum atomic E-state index is 10.8. The van der Waals surface area contributed by atoms with Gasteiger partial charge in [-0.25, -0.2) is 13.6 Å². The van der Waals surface area contributed by atoms with Crippen LogP contribution in [0.15, 0.2) is 30.5 Å². The first-order valence-corrected chi connectivity index (χ1v) is 7.06. The minimum atomic E-state index is -3.46. The molecule has 0 amide bonds. The fourth-order valence-corrected chi connectivity index (χ4v) is 2.07. The van der Waals surface area contributed by atoms with E-state index in [1.807, 2.05) is 12.1 Å². The third kappa shape index (κ3) is 2.88. The zero-order valence-electron chi connectivity index (χ0n) is 9.63. The third-order valence-corrected chi connectivity index (χ3v) is 3.28. The van der Waals surface area contributed by atoms with Crippen LogP contribution in [0.2, 0.25) is 0 Å². The smallest absolute Gasteiger partial charge is 0.210 e.